The van der Waals surface area contributed by atoms with Crippen LogP contribution in [0, 0.1) is 3.57 Å². The van der Waals surface area contributed by atoms with Gasteiger partial charge in [-0.05, 0) is 40.8 Å². The molecule has 0 aliphatic rings. The summed E-state index contributed by atoms with van der Waals surface area (Å²) in [7, 11) is 1.66. The Kier molecular flexibility index (Phi) is 4.36. The molecule has 2 rings (SSSR count). The van der Waals surface area contributed by atoms with Crippen LogP contribution in [0.4, 0.5) is 0 Å². The predicted octanol–water partition coefficient (Wildman–Crippen LogP) is 1.34. The Morgan fingerprint density at radius 1 is 1.38 bits per heavy atom. The number of aromatic hydroxyl groups is 2. The lowest BCUT2D eigenvalue weighted by Gasteiger charge is -2.13. The van der Waals surface area contributed by atoms with Gasteiger partial charge in [0.05, 0.1) is 15.5 Å². The summed E-state index contributed by atoms with van der Waals surface area (Å²) in [4.78, 5) is 12.0. The molecule has 2 aromatic rings. The van der Waals surface area contributed by atoms with Gasteiger partial charge >= 0.3 is 0 Å². The number of aryl methyl sites for hydroxylation is 1. The lowest BCUT2D eigenvalue weighted by molar-refractivity contribution is 0.0932. The second-order valence-corrected chi connectivity index (χ2v) is 5.39. The number of hydrazine groups is 1. The summed E-state index contributed by atoms with van der Waals surface area (Å²) in [5.74, 6) is -0.465. The van der Waals surface area contributed by atoms with Gasteiger partial charge in [-0.15, -0.1) is 0 Å². The van der Waals surface area contributed by atoms with Gasteiger partial charge in [0.2, 0.25) is 0 Å². The molecule has 4 N–H and O–H groups in total. The van der Waals surface area contributed by atoms with Crippen LogP contribution in [0.15, 0.2) is 31.0 Å². The van der Waals surface area contributed by atoms with E-state index in [0.29, 0.717) is 9.26 Å². The van der Waals surface area contributed by atoms with Gasteiger partial charge in [0.25, 0.3) is 5.91 Å². The number of phenols is 2. The van der Waals surface area contributed by atoms with E-state index < -0.39 is 0 Å². The van der Waals surface area contributed by atoms with Crippen molar-refractivity contribution in [2.24, 2.45) is 7.05 Å². The highest BCUT2D eigenvalue weighted by atomic mass is 127. The maximum absolute atomic E-state index is 12.0. The van der Waals surface area contributed by atoms with E-state index >= 15 is 0 Å². The van der Waals surface area contributed by atoms with E-state index in [4.69, 9.17) is 0 Å². The molecule has 0 saturated heterocycles. The molecule has 0 radical (unpaired) electrons. The van der Waals surface area contributed by atoms with Crippen LogP contribution in [0.25, 0.3) is 5.70 Å². The third kappa shape index (κ3) is 3.27. The summed E-state index contributed by atoms with van der Waals surface area (Å²) in [6.07, 6.45) is 1.57. The van der Waals surface area contributed by atoms with Crippen LogP contribution in [0.2, 0.25) is 0 Å². The number of carbonyl (C=O) groups excluding carboxylic acids is 1. The van der Waals surface area contributed by atoms with Crippen molar-refractivity contribution in [2.45, 2.75) is 0 Å². The van der Waals surface area contributed by atoms with E-state index in [1.165, 1.54) is 22.9 Å². The van der Waals surface area contributed by atoms with Crippen molar-refractivity contribution < 1.29 is 15.0 Å². The molecule has 0 bridgehead atoms. The molecule has 1 amide bonds. The molecule has 7 nitrogen and oxygen atoms in total. The Hall–Kier alpha value is -2.23. The van der Waals surface area contributed by atoms with Gasteiger partial charge in [0, 0.05) is 12.6 Å². The molecule has 0 aliphatic heterocycles. The van der Waals surface area contributed by atoms with Crippen molar-refractivity contribution in [3.63, 3.8) is 0 Å². The second kappa shape index (κ2) is 6.04. The monoisotopic (exact) mass is 400 g/mol. The van der Waals surface area contributed by atoms with Crippen LogP contribution in [0.1, 0.15) is 16.1 Å². The number of carbonyl (C=O) groups is 1. The Morgan fingerprint density at radius 3 is 2.71 bits per heavy atom. The number of aromatic nitrogens is 2. The summed E-state index contributed by atoms with van der Waals surface area (Å²) in [5.41, 5.74) is 6.00. The Labute approximate surface area is 134 Å². The highest BCUT2D eigenvalue weighted by molar-refractivity contribution is 14.1. The third-order valence-corrected chi connectivity index (χ3v) is 3.53. The van der Waals surface area contributed by atoms with Crippen LogP contribution in [0.3, 0.4) is 0 Å². The van der Waals surface area contributed by atoms with Crippen molar-refractivity contribution in [3.05, 3.63) is 45.8 Å². The highest BCUT2D eigenvalue weighted by Gasteiger charge is 2.15. The van der Waals surface area contributed by atoms with Crippen LogP contribution < -0.4 is 10.9 Å². The van der Waals surface area contributed by atoms with Gasteiger partial charge in [0.15, 0.2) is 0 Å². The molecule has 110 valence electrons. The van der Waals surface area contributed by atoms with Gasteiger partial charge in [0.1, 0.15) is 17.2 Å². The summed E-state index contributed by atoms with van der Waals surface area (Å²) < 4.78 is 2.16. The van der Waals surface area contributed by atoms with Crippen molar-refractivity contribution in [3.8, 4) is 11.5 Å². The van der Waals surface area contributed by atoms with Gasteiger partial charge < -0.3 is 10.2 Å². The van der Waals surface area contributed by atoms with Crippen molar-refractivity contribution >= 4 is 34.2 Å². The van der Waals surface area contributed by atoms with Gasteiger partial charge in [-0.1, -0.05) is 6.58 Å². The number of hydrogen-bond donors (Lipinski definition) is 4. The number of nitrogens with zero attached hydrogens (tertiary/aromatic N) is 2. The number of rotatable bonds is 4. The molecule has 21 heavy (non-hydrogen) atoms. The molecule has 0 fully saturated rings. The van der Waals surface area contributed by atoms with Gasteiger partial charge in [-0.2, -0.15) is 5.10 Å². The molecule has 8 heteroatoms. The van der Waals surface area contributed by atoms with E-state index in [0.717, 1.165) is 0 Å². The number of halogens is 1. The van der Waals surface area contributed by atoms with E-state index in [1.54, 1.807) is 13.2 Å². The number of benzene rings is 1. The average molecular weight is 400 g/mol. The van der Waals surface area contributed by atoms with Crippen LogP contribution >= 0.6 is 22.6 Å². The number of amides is 1. The van der Waals surface area contributed by atoms with Crippen molar-refractivity contribution in [1.29, 1.82) is 0 Å². The molecule has 0 aliphatic carbocycles. The molecular formula is C13H13IN4O3. The lowest BCUT2D eigenvalue weighted by Crippen LogP contribution is -2.37. The fraction of sp³-hybridized carbons (Fsp3) is 0.0769. The van der Waals surface area contributed by atoms with E-state index in [1.807, 2.05) is 22.6 Å². The molecule has 0 saturated carbocycles. The predicted molar refractivity (Wildman–Crippen MR) is 85.3 cm³/mol. The van der Waals surface area contributed by atoms with Crippen molar-refractivity contribution in [2.75, 3.05) is 0 Å². The standard InChI is InChI=1S/C13H13IN4O3/c1-7(9-5-8(19)3-4-11(9)20)16-17-13(21)12-10(14)6-15-18(12)2/h3-6,16,19-20H,1H2,2H3,(H,17,21). The Balaban J connectivity index is 2.08. The molecule has 1 aromatic heterocycles. The number of phenolic OH excluding ortho intramolecular Hbond substituents is 2. The lowest BCUT2D eigenvalue weighted by atomic mass is 10.1. The van der Waals surface area contributed by atoms with Crippen LogP contribution in [-0.4, -0.2) is 25.9 Å². The van der Waals surface area contributed by atoms with Crippen LogP contribution in [0.5, 0.6) is 11.5 Å². The topological polar surface area (TPSA) is 99.4 Å². The SMILES string of the molecule is C=C(NNC(=O)c1c(I)cnn1C)c1cc(O)ccc1O. The largest absolute Gasteiger partial charge is 0.508 e. The second-order valence-electron chi connectivity index (χ2n) is 4.22. The van der Waals surface area contributed by atoms with E-state index in [2.05, 4.69) is 22.5 Å². The van der Waals surface area contributed by atoms with Crippen molar-refractivity contribution in [1.82, 2.24) is 20.6 Å². The Morgan fingerprint density at radius 2 is 2.10 bits per heavy atom. The first kappa shape index (κ1) is 15.2. The zero-order valence-corrected chi connectivity index (χ0v) is 13.2. The first-order chi connectivity index (χ1) is 9.90. The van der Waals surface area contributed by atoms with E-state index in [9.17, 15) is 15.0 Å². The van der Waals surface area contributed by atoms with Gasteiger partial charge in [-0.3, -0.25) is 20.3 Å². The fourth-order valence-electron chi connectivity index (χ4n) is 1.69. The van der Waals surface area contributed by atoms with Gasteiger partial charge in [-0.25, -0.2) is 0 Å². The average Bonchev–Trinajstić information content (AvgIpc) is 2.78. The zero-order chi connectivity index (χ0) is 15.6. The zero-order valence-electron chi connectivity index (χ0n) is 11.1. The minimum Gasteiger partial charge on any atom is -0.508 e. The van der Waals surface area contributed by atoms with Crippen LogP contribution in [-0.2, 0) is 7.05 Å². The summed E-state index contributed by atoms with van der Waals surface area (Å²) in [6, 6.07) is 4.02. The molecule has 0 atom stereocenters. The Bertz CT molecular complexity index is 692. The fourth-order valence-corrected chi connectivity index (χ4v) is 2.41. The minimum absolute atomic E-state index is 0.0155. The smallest absolute Gasteiger partial charge is 0.288 e. The molecule has 0 unspecified atom stereocenters. The summed E-state index contributed by atoms with van der Waals surface area (Å²) in [5, 5.41) is 23.1. The highest BCUT2D eigenvalue weighted by Crippen LogP contribution is 2.26. The molecule has 1 heterocycles. The number of hydrogen-bond acceptors (Lipinski definition) is 5. The normalized spacial score (nSPS) is 10.2. The third-order valence-electron chi connectivity index (χ3n) is 2.74. The first-order valence-electron chi connectivity index (χ1n) is 5.85. The molecular weight excluding hydrogens is 387 g/mol. The minimum atomic E-state index is -0.389. The quantitative estimate of drug-likeness (QED) is 0.353. The molecule has 0 spiro atoms. The molecule has 1 aromatic carbocycles. The first-order valence-corrected chi connectivity index (χ1v) is 6.93. The maximum Gasteiger partial charge on any atom is 0.288 e. The number of nitrogens with one attached hydrogen (secondary N) is 2. The summed E-state index contributed by atoms with van der Waals surface area (Å²) >= 11 is 2.01. The van der Waals surface area contributed by atoms with E-state index in [-0.39, 0.29) is 28.7 Å². The maximum atomic E-state index is 12.0. The summed E-state index contributed by atoms with van der Waals surface area (Å²) in [6.45, 7) is 3.70.